The molecule has 1 saturated heterocycles. The van der Waals surface area contributed by atoms with Gasteiger partial charge in [0.25, 0.3) is 5.91 Å². The molecule has 34 heavy (non-hydrogen) atoms. The third-order valence-electron chi connectivity index (χ3n) is 6.75. The summed E-state index contributed by atoms with van der Waals surface area (Å²) in [6.07, 6.45) is 6.32. The molecule has 0 radical (unpaired) electrons. The van der Waals surface area contributed by atoms with Gasteiger partial charge in [-0.15, -0.1) is 0 Å². The third-order valence-corrected chi connectivity index (χ3v) is 7.00. The summed E-state index contributed by atoms with van der Waals surface area (Å²) in [6.45, 7) is 0.844. The SMILES string of the molecule is O=C(O)NC(Cc1ccc(Cl)cc1)C(=O)N1CCC(N(C(=O)c2ccco2)C2CCCCC2)C1. The monoisotopic (exact) mass is 487 g/mol. The lowest BCUT2D eigenvalue weighted by Gasteiger charge is -2.38. The van der Waals surface area contributed by atoms with Crippen molar-refractivity contribution in [3.63, 3.8) is 0 Å². The molecule has 2 aromatic rings. The first-order valence-corrected chi connectivity index (χ1v) is 12.2. The number of halogens is 1. The van der Waals surface area contributed by atoms with Gasteiger partial charge >= 0.3 is 6.09 Å². The normalized spacial score (nSPS) is 19.6. The Kier molecular flexibility index (Phi) is 7.77. The first-order valence-electron chi connectivity index (χ1n) is 11.8. The summed E-state index contributed by atoms with van der Waals surface area (Å²) in [5.41, 5.74) is 0.809. The van der Waals surface area contributed by atoms with Crippen molar-refractivity contribution in [2.75, 3.05) is 13.1 Å². The number of likely N-dealkylation sites (tertiary alicyclic amines) is 1. The van der Waals surface area contributed by atoms with Crippen molar-refractivity contribution >= 4 is 29.5 Å². The Bertz CT molecular complexity index is 988. The van der Waals surface area contributed by atoms with Gasteiger partial charge in [-0.1, -0.05) is 43.0 Å². The van der Waals surface area contributed by atoms with Crippen LogP contribution in [0.1, 0.15) is 54.6 Å². The van der Waals surface area contributed by atoms with Crippen LogP contribution in [-0.4, -0.2) is 64.0 Å². The lowest BCUT2D eigenvalue weighted by Crippen LogP contribution is -2.52. The van der Waals surface area contributed by atoms with Gasteiger partial charge in [-0.25, -0.2) is 4.79 Å². The fourth-order valence-electron chi connectivity index (χ4n) is 5.11. The Morgan fingerprint density at radius 1 is 1.09 bits per heavy atom. The van der Waals surface area contributed by atoms with Crippen molar-refractivity contribution in [3.8, 4) is 0 Å². The van der Waals surface area contributed by atoms with Crippen LogP contribution in [0.25, 0.3) is 0 Å². The highest BCUT2D eigenvalue weighted by atomic mass is 35.5. The standard InChI is InChI=1S/C25H30ClN3O5/c26-18-10-8-17(9-11-18)15-21(27-25(32)33)23(30)28-13-12-20(16-28)29(19-5-2-1-3-6-19)24(31)22-7-4-14-34-22/h4,7-11,14,19-21,27H,1-3,5-6,12-13,15-16H2,(H,32,33). The van der Waals surface area contributed by atoms with Gasteiger partial charge in [-0.2, -0.15) is 0 Å². The highest BCUT2D eigenvalue weighted by molar-refractivity contribution is 6.30. The number of nitrogens with one attached hydrogen (secondary N) is 1. The number of furan rings is 1. The smallest absolute Gasteiger partial charge is 0.405 e. The maximum Gasteiger partial charge on any atom is 0.405 e. The quantitative estimate of drug-likeness (QED) is 0.609. The van der Waals surface area contributed by atoms with E-state index < -0.39 is 12.1 Å². The Morgan fingerprint density at radius 2 is 1.82 bits per heavy atom. The van der Waals surface area contributed by atoms with E-state index >= 15 is 0 Å². The number of carbonyl (C=O) groups is 3. The number of benzene rings is 1. The number of amides is 3. The Hall–Kier alpha value is -3.00. The summed E-state index contributed by atoms with van der Waals surface area (Å²) in [7, 11) is 0. The van der Waals surface area contributed by atoms with E-state index in [9.17, 15) is 19.5 Å². The molecule has 2 N–H and O–H groups in total. The molecule has 1 aliphatic heterocycles. The van der Waals surface area contributed by atoms with Gasteiger partial charge in [0.15, 0.2) is 5.76 Å². The van der Waals surface area contributed by atoms with Crippen molar-refractivity contribution in [1.82, 2.24) is 15.1 Å². The molecular weight excluding hydrogens is 458 g/mol. The summed E-state index contributed by atoms with van der Waals surface area (Å²) in [5.74, 6) is -0.116. The molecule has 1 saturated carbocycles. The molecule has 182 valence electrons. The van der Waals surface area contributed by atoms with E-state index in [-0.39, 0.29) is 30.3 Å². The van der Waals surface area contributed by atoms with E-state index in [1.54, 1.807) is 41.3 Å². The summed E-state index contributed by atoms with van der Waals surface area (Å²) in [4.78, 5) is 41.7. The van der Waals surface area contributed by atoms with E-state index in [2.05, 4.69) is 5.32 Å². The molecule has 2 heterocycles. The average molecular weight is 488 g/mol. The van der Waals surface area contributed by atoms with Crippen LogP contribution in [0.4, 0.5) is 4.79 Å². The van der Waals surface area contributed by atoms with Crippen LogP contribution in [0.5, 0.6) is 0 Å². The molecule has 2 atom stereocenters. The second kappa shape index (κ2) is 11.0. The van der Waals surface area contributed by atoms with Crippen LogP contribution in [0.3, 0.4) is 0 Å². The molecular formula is C25H30ClN3O5. The molecule has 4 rings (SSSR count). The Labute approximate surface area is 203 Å². The Balaban J connectivity index is 1.49. The Morgan fingerprint density at radius 3 is 2.47 bits per heavy atom. The van der Waals surface area contributed by atoms with Gasteiger partial charge in [0, 0.05) is 30.6 Å². The van der Waals surface area contributed by atoms with Gasteiger partial charge in [-0.3, -0.25) is 9.59 Å². The summed E-state index contributed by atoms with van der Waals surface area (Å²) >= 11 is 5.95. The molecule has 8 nitrogen and oxygen atoms in total. The molecule has 1 aromatic carbocycles. The van der Waals surface area contributed by atoms with Crippen LogP contribution < -0.4 is 5.32 Å². The van der Waals surface area contributed by atoms with Gasteiger partial charge in [-0.05, 0) is 49.1 Å². The zero-order chi connectivity index (χ0) is 24.1. The van der Waals surface area contributed by atoms with E-state index in [1.807, 2.05) is 4.90 Å². The van der Waals surface area contributed by atoms with Gasteiger partial charge in [0.2, 0.25) is 5.91 Å². The molecule has 1 aromatic heterocycles. The maximum absolute atomic E-state index is 13.3. The number of carboxylic acid groups (broad SMARTS) is 1. The highest BCUT2D eigenvalue weighted by Gasteiger charge is 2.39. The minimum absolute atomic E-state index is 0.119. The molecule has 0 spiro atoms. The van der Waals surface area contributed by atoms with Gasteiger partial charge in [0.1, 0.15) is 6.04 Å². The van der Waals surface area contributed by atoms with Crippen LogP contribution in [0.15, 0.2) is 47.1 Å². The second-order valence-corrected chi connectivity index (χ2v) is 9.48. The molecule has 2 aliphatic rings. The van der Waals surface area contributed by atoms with Gasteiger partial charge < -0.3 is 24.6 Å². The number of rotatable bonds is 7. The van der Waals surface area contributed by atoms with Crippen molar-refractivity contribution < 1.29 is 23.9 Å². The zero-order valence-corrected chi connectivity index (χ0v) is 19.7. The minimum atomic E-state index is -1.25. The van der Waals surface area contributed by atoms with E-state index in [0.29, 0.717) is 30.3 Å². The first kappa shape index (κ1) is 24.1. The molecule has 9 heteroatoms. The van der Waals surface area contributed by atoms with Crippen molar-refractivity contribution in [2.24, 2.45) is 0 Å². The zero-order valence-electron chi connectivity index (χ0n) is 19.0. The van der Waals surface area contributed by atoms with Crippen molar-refractivity contribution in [2.45, 2.75) is 63.1 Å². The largest absolute Gasteiger partial charge is 0.465 e. The first-order chi connectivity index (χ1) is 16.4. The molecule has 2 unspecified atom stereocenters. The average Bonchev–Trinajstić information content (AvgIpc) is 3.53. The number of nitrogens with zero attached hydrogens (tertiary/aromatic N) is 2. The second-order valence-electron chi connectivity index (χ2n) is 9.04. The molecule has 0 bridgehead atoms. The lowest BCUT2D eigenvalue weighted by atomic mass is 9.92. The van der Waals surface area contributed by atoms with Crippen LogP contribution in [0.2, 0.25) is 5.02 Å². The summed E-state index contributed by atoms with van der Waals surface area (Å²) in [5, 5.41) is 12.3. The fourth-order valence-corrected chi connectivity index (χ4v) is 5.24. The van der Waals surface area contributed by atoms with Gasteiger partial charge in [0.05, 0.1) is 12.3 Å². The van der Waals surface area contributed by atoms with Crippen molar-refractivity contribution in [1.29, 1.82) is 0 Å². The highest BCUT2D eigenvalue weighted by Crippen LogP contribution is 2.29. The molecule has 1 aliphatic carbocycles. The predicted molar refractivity (Wildman–Crippen MR) is 127 cm³/mol. The van der Waals surface area contributed by atoms with E-state index in [1.165, 1.54) is 12.7 Å². The third kappa shape index (κ3) is 5.73. The van der Waals surface area contributed by atoms with Crippen LogP contribution in [0, 0.1) is 0 Å². The minimum Gasteiger partial charge on any atom is -0.465 e. The fraction of sp³-hybridized carbons (Fsp3) is 0.480. The number of carbonyl (C=O) groups excluding carboxylic acids is 2. The summed E-state index contributed by atoms with van der Waals surface area (Å²) < 4.78 is 5.40. The lowest BCUT2D eigenvalue weighted by molar-refractivity contribution is -0.132. The molecule has 3 amide bonds. The van der Waals surface area contributed by atoms with Crippen LogP contribution >= 0.6 is 11.6 Å². The summed E-state index contributed by atoms with van der Waals surface area (Å²) in [6, 6.07) is 9.45. The number of hydrogen-bond donors (Lipinski definition) is 2. The number of hydrogen-bond acceptors (Lipinski definition) is 4. The molecule has 2 fully saturated rings. The van der Waals surface area contributed by atoms with E-state index in [0.717, 1.165) is 31.2 Å². The van der Waals surface area contributed by atoms with Crippen molar-refractivity contribution in [3.05, 3.63) is 59.0 Å². The predicted octanol–water partition coefficient (Wildman–Crippen LogP) is 4.19. The topological polar surface area (TPSA) is 103 Å². The van der Waals surface area contributed by atoms with E-state index in [4.69, 9.17) is 16.0 Å². The van der Waals surface area contributed by atoms with Crippen LogP contribution in [-0.2, 0) is 11.2 Å². The maximum atomic E-state index is 13.3.